The zero-order valence-corrected chi connectivity index (χ0v) is 7.81. The lowest BCUT2D eigenvalue weighted by molar-refractivity contribution is -0.205. The predicted molar refractivity (Wildman–Crippen MR) is 41.0 cm³/mol. The summed E-state index contributed by atoms with van der Waals surface area (Å²) in [6, 6.07) is 0. The van der Waals surface area contributed by atoms with Gasteiger partial charge in [-0.15, -0.1) is 0 Å². The molecule has 2 nitrogen and oxygen atoms in total. The number of hydrogen-bond donors (Lipinski definition) is 0. The van der Waals surface area contributed by atoms with Gasteiger partial charge in [0.05, 0.1) is 6.61 Å². The maximum absolute atomic E-state index is 12.2. The number of ether oxygens (including phenoxy) is 1. The molecule has 0 bridgehead atoms. The second-order valence-electron chi connectivity index (χ2n) is 3.02. The number of rotatable bonds is 3. The van der Waals surface area contributed by atoms with Gasteiger partial charge in [0.2, 0.25) is 0 Å². The fraction of sp³-hybridized carbons (Fsp3) is 0.875. The molecule has 0 amide bonds. The minimum Gasteiger partial charge on any atom is -0.466 e. The third kappa shape index (κ3) is 3.65. The van der Waals surface area contributed by atoms with E-state index in [0.29, 0.717) is 0 Å². The van der Waals surface area contributed by atoms with Crippen molar-refractivity contribution in [3.63, 3.8) is 0 Å². The largest absolute Gasteiger partial charge is 0.466 e. The Morgan fingerprint density at radius 3 is 2.08 bits per heavy atom. The summed E-state index contributed by atoms with van der Waals surface area (Å²) in [7, 11) is 0. The second kappa shape index (κ2) is 4.48. The minimum atomic E-state index is -4.51. The van der Waals surface area contributed by atoms with E-state index in [1.807, 2.05) is 0 Å². The first-order valence-electron chi connectivity index (χ1n) is 4.04. The Balaban J connectivity index is 4.52. The first-order chi connectivity index (χ1) is 5.80. The summed E-state index contributed by atoms with van der Waals surface area (Å²) >= 11 is 0. The summed E-state index contributed by atoms with van der Waals surface area (Å²) in [5.74, 6) is -3.99. The monoisotopic (exact) mass is 198 g/mol. The van der Waals surface area contributed by atoms with Gasteiger partial charge >= 0.3 is 12.1 Å². The topological polar surface area (TPSA) is 26.3 Å². The van der Waals surface area contributed by atoms with Crippen LogP contribution < -0.4 is 0 Å². The zero-order valence-electron chi connectivity index (χ0n) is 7.81. The van der Waals surface area contributed by atoms with E-state index in [0.717, 1.165) is 0 Å². The second-order valence-corrected chi connectivity index (χ2v) is 3.02. The molecule has 0 N–H and O–H groups in total. The average molecular weight is 198 g/mol. The average Bonchev–Trinajstić information content (AvgIpc) is 1.82. The van der Waals surface area contributed by atoms with Gasteiger partial charge in [-0.3, -0.25) is 4.79 Å². The van der Waals surface area contributed by atoms with Crippen molar-refractivity contribution in [3.8, 4) is 0 Å². The highest BCUT2D eigenvalue weighted by Gasteiger charge is 2.47. The molecule has 0 aromatic rings. The van der Waals surface area contributed by atoms with E-state index in [1.165, 1.54) is 20.8 Å². The molecule has 13 heavy (non-hydrogen) atoms. The van der Waals surface area contributed by atoms with Gasteiger partial charge in [-0.2, -0.15) is 13.2 Å². The normalized spacial score (nSPS) is 14.4. The van der Waals surface area contributed by atoms with E-state index in [9.17, 15) is 18.0 Å². The molecule has 0 rings (SSSR count). The number of alkyl halides is 3. The minimum absolute atomic E-state index is 0.0296. The van der Waals surface area contributed by atoms with Gasteiger partial charge in [0.25, 0.3) is 0 Å². The van der Waals surface area contributed by atoms with Crippen LogP contribution in [0.1, 0.15) is 20.8 Å². The van der Waals surface area contributed by atoms with Crippen LogP contribution in [0.15, 0.2) is 0 Å². The fourth-order valence-electron chi connectivity index (χ4n) is 1.02. The van der Waals surface area contributed by atoms with Crippen LogP contribution in [0.3, 0.4) is 0 Å². The lowest BCUT2D eigenvalue weighted by Gasteiger charge is -2.21. The van der Waals surface area contributed by atoms with Crippen LogP contribution in [0, 0.1) is 11.8 Å². The van der Waals surface area contributed by atoms with Gasteiger partial charge in [0, 0.05) is 0 Å². The Morgan fingerprint density at radius 2 is 1.85 bits per heavy atom. The highest BCUT2D eigenvalue weighted by Crippen LogP contribution is 2.32. The van der Waals surface area contributed by atoms with Crippen LogP contribution in [0.4, 0.5) is 13.2 Å². The summed E-state index contributed by atoms with van der Waals surface area (Å²) in [6.45, 7) is 4.13. The molecule has 0 saturated carbocycles. The Morgan fingerprint density at radius 1 is 1.38 bits per heavy atom. The standard InChI is InChI=1S/C8H13F3O2/c1-4-13-7(12)6(5(2)3)8(9,10)11/h5-6H,4H2,1-3H3. The molecule has 0 saturated heterocycles. The first kappa shape index (κ1) is 12.3. The molecule has 0 aliphatic rings. The molecule has 0 aromatic carbocycles. The summed E-state index contributed by atoms with van der Waals surface area (Å²) in [5.41, 5.74) is 0. The van der Waals surface area contributed by atoms with Gasteiger partial charge in [-0.25, -0.2) is 0 Å². The highest BCUT2D eigenvalue weighted by atomic mass is 19.4. The molecule has 1 atom stereocenters. The van der Waals surface area contributed by atoms with Crippen molar-refractivity contribution in [2.24, 2.45) is 11.8 Å². The number of esters is 1. The fourth-order valence-corrected chi connectivity index (χ4v) is 1.02. The molecule has 1 unspecified atom stereocenters. The molecule has 0 heterocycles. The number of halogens is 3. The van der Waals surface area contributed by atoms with Gasteiger partial charge in [0.1, 0.15) is 0 Å². The van der Waals surface area contributed by atoms with Crippen molar-refractivity contribution in [1.29, 1.82) is 0 Å². The molecular weight excluding hydrogens is 185 g/mol. The quantitative estimate of drug-likeness (QED) is 0.651. The van der Waals surface area contributed by atoms with Gasteiger partial charge in [-0.1, -0.05) is 13.8 Å². The van der Waals surface area contributed by atoms with E-state index in [1.54, 1.807) is 0 Å². The SMILES string of the molecule is CCOC(=O)C(C(C)C)C(F)(F)F. The molecule has 0 aliphatic heterocycles. The van der Waals surface area contributed by atoms with Crippen LogP contribution in [-0.4, -0.2) is 18.8 Å². The maximum Gasteiger partial charge on any atom is 0.402 e. The smallest absolute Gasteiger partial charge is 0.402 e. The van der Waals surface area contributed by atoms with Crippen LogP contribution >= 0.6 is 0 Å². The number of hydrogen-bond acceptors (Lipinski definition) is 2. The molecule has 0 aliphatic carbocycles. The van der Waals surface area contributed by atoms with Gasteiger partial charge < -0.3 is 4.74 Å². The van der Waals surface area contributed by atoms with Crippen LogP contribution in [-0.2, 0) is 9.53 Å². The first-order valence-corrected chi connectivity index (χ1v) is 4.04. The van der Waals surface area contributed by atoms with Gasteiger partial charge in [0.15, 0.2) is 5.92 Å². The van der Waals surface area contributed by atoms with Crippen molar-refractivity contribution in [2.75, 3.05) is 6.61 Å². The predicted octanol–water partition coefficient (Wildman–Crippen LogP) is 2.38. The van der Waals surface area contributed by atoms with E-state index < -0.39 is 24.0 Å². The number of carbonyl (C=O) groups excluding carboxylic acids is 1. The number of carbonyl (C=O) groups is 1. The van der Waals surface area contributed by atoms with Crippen molar-refractivity contribution >= 4 is 5.97 Å². The van der Waals surface area contributed by atoms with E-state index in [-0.39, 0.29) is 6.61 Å². The molecule has 0 fully saturated rings. The van der Waals surface area contributed by atoms with Crippen molar-refractivity contribution < 1.29 is 22.7 Å². The Labute approximate surface area is 75.1 Å². The van der Waals surface area contributed by atoms with Crippen molar-refractivity contribution in [1.82, 2.24) is 0 Å². The Bertz CT molecular complexity index is 175. The summed E-state index contributed by atoms with van der Waals surface area (Å²) in [4.78, 5) is 10.9. The van der Waals surface area contributed by atoms with E-state index in [4.69, 9.17) is 0 Å². The lowest BCUT2D eigenvalue weighted by Crippen LogP contribution is -2.36. The summed E-state index contributed by atoms with van der Waals surface area (Å²) in [6.07, 6.45) is -4.51. The summed E-state index contributed by atoms with van der Waals surface area (Å²) < 4.78 is 41.1. The third-order valence-corrected chi connectivity index (χ3v) is 1.56. The summed E-state index contributed by atoms with van der Waals surface area (Å²) in [5, 5.41) is 0. The van der Waals surface area contributed by atoms with Crippen LogP contribution in [0.2, 0.25) is 0 Å². The molecule has 78 valence electrons. The highest BCUT2D eigenvalue weighted by molar-refractivity contribution is 5.73. The Hall–Kier alpha value is -0.740. The van der Waals surface area contributed by atoms with Crippen LogP contribution in [0.25, 0.3) is 0 Å². The van der Waals surface area contributed by atoms with Gasteiger partial charge in [-0.05, 0) is 12.8 Å². The third-order valence-electron chi connectivity index (χ3n) is 1.56. The molecule has 0 aromatic heterocycles. The molecule has 0 spiro atoms. The van der Waals surface area contributed by atoms with E-state index in [2.05, 4.69) is 4.74 Å². The maximum atomic E-state index is 12.2. The zero-order chi connectivity index (χ0) is 10.6. The van der Waals surface area contributed by atoms with Crippen molar-refractivity contribution in [3.05, 3.63) is 0 Å². The van der Waals surface area contributed by atoms with Crippen molar-refractivity contribution in [2.45, 2.75) is 26.9 Å². The lowest BCUT2D eigenvalue weighted by atomic mass is 9.95. The molecular formula is C8H13F3O2. The van der Waals surface area contributed by atoms with Crippen LogP contribution in [0.5, 0.6) is 0 Å². The molecule has 0 radical (unpaired) electrons. The van der Waals surface area contributed by atoms with E-state index >= 15 is 0 Å². The Kier molecular flexibility index (Phi) is 4.23. The molecule has 5 heteroatoms.